The second-order valence-electron chi connectivity index (χ2n) is 4.19. The number of aromatic nitrogens is 1. The molecule has 0 aliphatic carbocycles. The van der Waals surface area contributed by atoms with E-state index in [0.717, 1.165) is 0 Å². The van der Waals surface area contributed by atoms with Crippen LogP contribution in [-0.4, -0.2) is 28.8 Å². The molecule has 0 aliphatic rings. The normalized spacial score (nSPS) is 11.8. The van der Waals surface area contributed by atoms with Crippen LogP contribution in [-0.2, 0) is 6.18 Å². The highest BCUT2D eigenvalue weighted by atomic mass is 19.4. The number of pyridine rings is 1. The topological polar surface area (TPSA) is 62.6 Å². The predicted octanol–water partition coefficient (Wildman–Crippen LogP) is 0.815. The number of hydrogen-bond donors (Lipinski definition) is 2. The van der Waals surface area contributed by atoms with E-state index in [1.807, 2.05) is 13.8 Å². The predicted molar refractivity (Wildman–Crippen MR) is 59.4 cm³/mol. The van der Waals surface area contributed by atoms with Crippen molar-refractivity contribution >= 4 is 12.6 Å². The number of halogens is 3. The highest BCUT2D eigenvalue weighted by Gasteiger charge is 2.33. The number of rotatable bonds is 4. The number of hydrogen-bond acceptors (Lipinski definition) is 4. The van der Waals surface area contributed by atoms with Gasteiger partial charge in [-0.05, 0) is 12.0 Å². The van der Waals surface area contributed by atoms with Gasteiger partial charge in [-0.25, -0.2) is 4.98 Å². The first-order chi connectivity index (χ1) is 8.21. The Bertz CT molecular complexity index is 410. The summed E-state index contributed by atoms with van der Waals surface area (Å²) in [6.07, 6.45) is -3.99. The third kappa shape index (κ3) is 3.88. The summed E-state index contributed by atoms with van der Waals surface area (Å²) in [7, 11) is -2.07. The van der Waals surface area contributed by atoms with Crippen LogP contribution in [0.2, 0.25) is 0 Å². The minimum Gasteiger partial charge on any atom is -0.478 e. The van der Waals surface area contributed by atoms with Gasteiger partial charge in [0.1, 0.15) is 0 Å². The summed E-state index contributed by atoms with van der Waals surface area (Å²) in [5, 5.41) is 18.1. The SMILES string of the molecule is CC(C)COc1ncc(C(F)(F)F)cc1B(O)O. The lowest BCUT2D eigenvalue weighted by Crippen LogP contribution is -2.33. The highest BCUT2D eigenvalue weighted by molar-refractivity contribution is 6.59. The molecule has 0 saturated heterocycles. The van der Waals surface area contributed by atoms with Gasteiger partial charge in [0.2, 0.25) is 5.88 Å². The molecule has 18 heavy (non-hydrogen) atoms. The van der Waals surface area contributed by atoms with Crippen LogP contribution < -0.4 is 10.2 Å². The Hall–Kier alpha value is -1.28. The van der Waals surface area contributed by atoms with E-state index in [1.165, 1.54) is 0 Å². The second kappa shape index (κ2) is 5.58. The van der Waals surface area contributed by atoms with Crippen LogP contribution in [0.1, 0.15) is 19.4 Å². The summed E-state index contributed by atoms with van der Waals surface area (Å²) in [4.78, 5) is 3.48. The summed E-state index contributed by atoms with van der Waals surface area (Å²) in [6.45, 7) is 3.91. The van der Waals surface area contributed by atoms with Crippen LogP contribution >= 0.6 is 0 Å². The van der Waals surface area contributed by atoms with Gasteiger partial charge in [-0.2, -0.15) is 13.2 Å². The average Bonchev–Trinajstić information content (AvgIpc) is 2.24. The quantitative estimate of drug-likeness (QED) is 0.789. The fourth-order valence-corrected chi connectivity index (χ4v) is 1.18. The van der Waals surface area contributed by atoms with E-state index in [1.54, 1.807) is 0 Å². The van der Waals surface area contributed by atoms with E-state index >= 15 is 0 Å². The van der Waals surface area contributed by atoms with Gasteiger partial charge in [0.25, 0.3) is 0 Å². The minimum atomic E-state index is -4.59. The molecule has 2 N–H and O–H groups in total. The fraction of sp³-hybridized carbons (Fsp3) is 0.500. The summed E-state index contributed by atoms with van der Waals surface area (Å²) in [6, 6.07) is 0.618. The molecule has 1 aromatic rings. The molecule has 0 fully saturated rings. The number of nitrogens with zero attached hydrogens (tertiary/aromatic N) is 1. The van der Waals surface area contributed by atoms with Crippen LogP contribution in [0.5, 0.6) is 5.88 Å². The molecule has 4 nitrogen and oxygen atoms in total. The Kier molecular flexibility index (Phi) is 4.58. The molecule has 0 saturated carbocycles. The number of alkyl halides is 3. The van der Waals surface area contributed by atoms with E-state index in [-0.39, 0.29) is 18.4 Å². The zero-order valence-corrected chi connectivity index (χ0v) is 9.90. The van der Waals surface area contributed by atoms with Crippen molar-refractivity contribution in [1.29, 1.82) is 0 Å². The lowest BCUT2D eigenvalue weighted by molar-refractivity contribution is -0.137. The molecule has 1 aromatic heterocycles. The van der Waals surface area contributed by atoms with Gasteiger partial charge in [0.15, 0.2) is 0 Å². The van der Waals surface area contributed by atoms with E-state index in [2.05, 4.69) is 4.98 Å². The molecule has 0 amide bonds. The summed E-state index contributed by atoms with van der Waals surface area (Å²) in [5.74, 6) is -0.0653. The first-order valence-corrected chi connectivity index (χ1v) is 5.28. The van der Waals surface area contributed by atoms with Gasteiger partial charge in [0.05, 0.1) is 12.2 Å². The summed E-state index contributed by atoms with van der Waals surface area (Å²) in [5.41, 5.74) is -1.45. The molecule has 0 aliphatic heterocycles. The summed E-state index contributed by atoms with van der Waals surface area (Å²) < 4.78 is 42.4. The van der Waals surface area contributed by atoms with Crippen LogP contribution in [0.15, 0.2) is 12.3 Å². The standard InChI is InChI=1S/C10H13BF3NO3/c1-6(2)5-18-9-8(11(16)17)3-7(4-15-9)10(12,13)14/h3-4,6,16-17H,5H2,1-2H3. The number of ether oxygens (including phenoxy) is 1. The molecule has 8 heteroatoms. The van der Waals surface area contributed by atoms with Crippen molar-refractivity contribution in [1.82, 2.24) is 4.98 Å². The smallest absolute Gasteiger partial charge is 0.478 e. The zero-order chi connectivity index (χ0) is 13.9. The molecule has 0 radical (unpaired) electrons. The monoisotopic (exact) mass is 263 g/mol. The van der Waals surface area contributed by atoms with Crippen molar-refractivity contribution in [2.45, 2.75) is 20.0 Å². The molecule has 0 aromatic carbocycles. The molecule has 0 bridgehead atoms. The Balaban J connectivity index is 3.05. The van der Waals surface area contributed by atoms with E-state index in [9.17, 15) is 13.2 Å². The Labute approximate surface area is 103 Å². The van der Waals surface area contributed by atoms with Crippen LogP contribution in [0.25, 0.3) is 0 Å². The summed E-state index contributed by atoms with van der Waals surface area (Å²) >= 11 is 0. The van der Waals surface area contributed by atoms with Crippen LogP contribution in [0.3, 0.4) is 0 Å². The third-order valence-corrected chi connectivity index (χ3v) is 2.04. The maximum absolute atomic E-state index is 12.4. The Morgan fingerprint density at radius 3 is 2.44 bits per heavy atom. The van der Waals surface area contributed by atoms with E-state index in [0.29, 0.717) is 12.3 Å². The lowest BCUT2D eigenvalue weighted by atomic mass is 9.80. The van der Waals surface area contributed by atoms with Gasteiger partial charge >= 0.3 is 13.3 Å². The lowest BCUT2D eigenvalue weighted by Gasteiger charge is -2.14. The van der Waals surface area contributed by atoms with Gasteiger partial charge in [-0.15, -0.1) is 0 Å². The first kappa shape index (κ1) is 14.8. The molecule has 1 rings (SSSR count). The third-order valence-electron chi connectivity index (χ3n) is 2.04. The Morgan fingerprint density at radius 1 is 1.39 bits per heavy atom. The van der Waals surface area contributed by atoms with Gasteiger partial charge in [-0.1, -0.05) is 13.8 Å². The van der Waals surface area contributed by atoms with Crippen molar-refractivity contribution < 1.29 is 28.0 Å². The molecular formula is C10H13BF3NO3. The Morgan fingerprint density at radius 2 is 2.00 bits per heavy atom. The molecule has 100 valence electrons. The van der Waals surface area contributed by atoms with Crippen molar-refractivity contribution in [2.75, 3.05) is 6.61 Å². The largest absolute Gasteiger partial charge is 0.494 e. The van der Waals surface area contributed by atoms with E-state index < -0.39 is 24.3 Å². The van der Waals surface area contributed by atoms with Crippen molar-refractivity contribution in [3.63, 3.8) is 0 Å². The maximum Gasteiger partial charge on any atom is 0.494 e. The maximum atomic E-state index is 12.4. The minimum absolute atomic E-state index is 0.137. The molecule has 1 heterocycles. The second-order valence-corrected chi connectivity index (χ2v) is 4.19. The van der Waals surface area contributed by atoms with Crippen LogP contribution in [0, 0.1) is 5.92 Å². The van der Waals surface area contributed by atoms with Crippen molar-refractivity contribution in [3.05, 3.63) is 17.8 Å². The average molecular weight is 263 g/mol. The van der Waals surface area contributed by atoms with Crippen molar-refractivity contribution in [2.24, 2.45) is 5.92 Å². The van der Waals surface area contributed by atoms with Crippen LogP contribution in [0.4, 0.5) is 13.2 Å². The highest BCUT2D eigenvalue weighted by Crippen LogP contribution is 2.28. The molecular weight excluding hydrogens is 250 g/mol. The van der Waals surface area contributed by atoms with Gasteiger partial charge in [-0.3, -0.25) is 0 Å². The zero-order valence-electron chi connectivity index (χ0n) is 9.90. The van der Waals surface area contributed by atoms with Gasteiger partial charge in [0, 0.05) is 11.7 Å². The van der Waals surface area contributed by atoms with Gasteiger partial charge < -0.3 is 14.8 Å². The van der Waals surface area contributed by atoms with E-state index in [4.69, 9.17) is 14.8 Å². The fourth-order valence-electron chi connectivity index (χ4n) is 1.18. The first-order valence-electron chi connectivity index (χ1n) is 5.28. The molecule has 0 atom stereocenters. The van der Waals surface area contributed by atoms with Crippen molar-refractivity contribution in [3.8, 4) is 5.88 Å². The molecule has 0 unspecified atom stereocenters. The molecule has 0 spiro atoms.